The van der Waals surface area contributed by atoms with Gasteiger partial charge in [-0.15, -0.1) is 0 Å². The fourth-order valence-electron chi connectivity index (χ4n) is 4.53. The number of aryl methyl sites for hydroxylation is 4. The lowest BCUT2D eigenvalue weighted by Crippen LogP contribution is -2.26. The largest absolute Gasteiger partial charge is 0.254 e. The molecule has 0 unspecified atom stereocenters. The van der Waals surface area contributed by atoms with Crippen LogP contribution in [0.15, 0.2) is 72.8 Å². The zero-order valence-corrected chi connectivity index (χ0v) is 17.4. The van der Waals surface area contributed by atoms with Crippen LogP contribution in [0.3, 0.4) is 0 Å². The summed E-state index contributed by atoms with van der Waals surface area (Å²) in [4.78, 5) is 2.33. The lowest BCUT2D eigenvalue weighted by molar-refractivity contribution is 1.07. The molecule has 2 heteroatoms. The average Bonchev–Trinajstić information content (AvgIpc) is 2.67. The van der Waals surface area contributed by atoms with Crippen LogP contribution in [0.25, 0.3) is 10.8 Å². The molecule has 0 fully saturated rings. The van der Waals surface area contributed by atoms with Crippen LogP contribution in [-0.2, 0) is 0 Å². The molecule has 0 amide bonds. The minimum atomic E-state index is 1.19. The number of hydrogen-bond acceptors (Lipinski definition) is 1. The maximum atomic E-state index is 2.33. The van der Waals surface area contributed by atoms with Crippen LogP contribution in [0.4, 0.5) is 22.7 Å². The van der Waals surface area contributed by atoms with Gasteiger partial charge in [0, 0.05) is 0 Å². The van der Waals surface area contributed by atoms with E-state index in [9.17, 15) is 0 Å². The molecule has 29 heavy (non-hydrogen) atoms. The minimum absolute atomic E-state index is 1.19. The minimum Gasteiger partial charge on any atom is -0.198 e. The maximum absolute atomic E-state index is 2.33. The fraction of sp³-hybridized carbons (Fsp3) is 0.148. The van der Waals surface area contributed by atoms with Crippen molar-refractivity contribution in [1.82, 2.24) is 4.58 Å². The topological polar surface area (TPSA) is 6.25 Å². The van der Waals surface area contributed by atoms with Gasteiger partial charge in [0.2, 0.25) is 0 Å². The summed E-state index contributed by atoms with van der Waals surface area (Å²) in [5.41, 5.74) is 9.94. The van der Waals surface area contributed by atoms with Gasteiger partial charge in [-0.1, -0.05) is 36.4 Å². The number of hydrogen-bond donors (Lipinski definition) is 0. The first-order valence-corrected chi connectivity index (χ1v) is 10.1. The second-order valence-electron chi connectivity index (χ2n) is 8.20. The van der Waals surface area contributed by atoms with Crippen LogP contribution in [-0.4, -0.2) is 6.34 Å². The highest BCUT2D eigenvalue weighted by molar-refractivity contribution is 6.13. The number of anilines is 2. The third-order valence-corrected chi connectivity index (χ3v) is 5.58. The SMILES string of the molecule is Cc1cc(C)cc(N2C=[N+](c3cc(C)cc(C)c3)c3cccc4cccc2c34)c1. The van der Waals surface area contributed by atoms with Gasteiger partial charge in [-0.3, -0.25) is 0 Å². The molecule has 0 aliphatic carbocycles. The van der Waals surface area contributed by atoms with Gasteiger partial charge in [0.1, 0.15) is 22.7 Å². The summed E-state index contributed by atoms with van der Waals surface area (Å²) in [6, 6.07) is 26.6. The lowest BCUT2D eigenvalue weighted by Gasteiger charge is -2.24. The van der Waals surface area contributed by atoms with Crippen molar-refractivity contribution in [1.29, 1.82) is 0 Å². The molecule has 1 aliphatic rings. The summed E-state index contributed by atoms with van der Waals surface area (Å²) in [5.74, 6) is 0. The molecule has 1 heterocycles. The van der Waals surface area contributed by atoms with Crippen molar-refractivity contribution >= 4 is 39.9 Å². The number of nitrogens with zero attached hydrogens (tertiary/aromatic N) is 2. The van der Waals surface area contributed by atoms with Crippen LogP contribution < -0.4 is 9.48 Å². The standard InChI is InChI=1S/C27H25N2/c1-18-11-19(2)14-23(13-18)28-17-29(24-15-20(3)12-21(4)16-24)26-10-6-8-22-7-5-9-25(28)27(22)26/h5-17H,1-4H3/q+1. The summed E-state index contributed by atoms with van der Waals surface area (Å²) >= 11 is 0. The molecule has 4 aromatic rings. The molecule has 0 N–H and O–H groups in total. The summed E-state index contributed by atoms with van der Waals surface area (Å²) in [6.07, 6.45) is 2.24. The van der Waals surface area contributed by atoms with Gasteiger partial charge < -0.3 is 0 Å². The summed E-state index contributed by atoms with van der Waals surface area (Å²) in [7, 11) is 0. The Kier molecular flexibility index (Phi) is 4.02. The Balaban J connectivity index is 1.84. The Morgan fingerprint density at radius 2 is 1.24 bits per heavy atom. The second-order valence-corrected chi connectivity index (χ2v) is 8.20. The van der Waals surface area contributed by atoms with Gasteiger partial charge in [0.15, 0.2) is 0 Å². The molecule has 0 atom stereocenters. The Hall–Kier alpha value is -3.39. The van der Waals surface area contributed by atoms with Gasteiger partial charge >= 0.3 is 0 Å². The van der Waals surface area contributed by atoms with Crippen molar-refractivity contribution in [3.8, 4) is 0 Å². The predicted octanol–water partition coefficient (Wildman–Crippen LogP) is 7.09. The lowest BCUT2D eigenvalue weighted by atomic mass is 10.0. The highest BCUT2D eigenvalue weighted by Gasteiger charge is 2.29. The highest BCUT2D eigenvalue weighted by atomic mass is 15.2. The third-order valence-electron chi connectivity index (χ3n) is 5.58. The first-order chi connectivity index (χ1) is 14.0. The fourth-order valence-corrected chi connectivity index (χ4v) is 4.53. The van der Waals surface area contributed by atoms with Crippen LogP contribution >= 0.6 is 0 Å². The molecule has 0 saturated carbocycles. The molecule has 2 nitrogen and oxygen atoms in total. The van der Waals surface area contributed by atoms with E-state index in [1.54, 1.807) is 0 Å². The zero-order chi connectivity index (χ0) is 20.1. The van der Waals surface area contributed by atoms with Crippen LogP contribution in [0, 0.1) is 27.7 Å². The van der Waals surface area contributed by atoms with Gasteiger partial charge in [-0.05, 0) is 91.7 Å². The molecule has 0 spiro atoms. The van der Waals surface area contributed by atoms with E-state index < -0.39 is 0 Å². The molecule has 0 aromatic heterocycles. The molecule has 0 bridgehead atoms. The molecule has 0 saturated heterocycles. The van der Waals surface area contributed by atoms with E-state index in [1.165, 1.54) is 55.8 Å². The molecular formula is C27H25N2+. The van der Waals surface area contributed by atoms with E-state index in [4.69, 9.17) is 0 Å². The van der Waals surface area contributed by atoms with Crippen LogP contribution in [0.1, 0.15) is 22.3 Å². The van der Waals surface area contributed by atoms with Gasteiger partial charge in [0.25, 0.3) is 6.34 Å². The number of benzene rings is 4. The van der Waals surface area contributed by atoms with E-state index >= 15 is 0 Å². The molecule has 142 valence electrons. The van der Waals surface area contributed by atoms with E-state index in [-0.39, 0.29) is 0 Å². The van der Waals surface area contributed by atoms with E-state index in [2.05, 4.69) is 116 Å². The van der Waals surface area contributed by atoms with Gasteiger partial charge in [-0.2, -0.15) is 9.48 Å². The molecular weight excluding hydrogens is 352 g/mol. The summed E-state index contributed by atoms with van der Waals surface area (Å²) in [5, 5.41) is 2.55. The monoisotopic (exact) mass is 377 g/mol. The summed E-state index contributed by atoms with van der Waals surface area (Å²) in [6.45, 7) is 8.65. The second kappa shape index (κ2) is 6.59. The third kappa shape index (κ3) is 3.01. The van der Waals surface area contributed by atoms with Crippen molar-refractivity contribution in [2.75, 3.05) is 4.90 Å². The maximum Gasteiger partial charge on any atom is 0.254 e. The smallest absolute Gasteiger partial charge is 0.198 e. The van der Waals surface area contributed by atoms with Crippen LogP contribution in [0.5, 0.6) is 0 Å². The predicted molar refractivity (Wildman–Crippen MR) is 125 cm³/mol. The van der Waals surface area contributed by atoms with Gasteiger partial charge in [-0.25, -0.2) is 0 Å². The first-order valence-electron chi connectivity index (χ1n) is 10.1. The highest BCUT2D eigenvalue weighted by Crippen LogP contribution is 2.41. The average molecular weight is 378 g/mol. The molecule has 4 aromatic carbocycles. The van der Waals surface area contributed by atoms with E-state index in [1.807, 2.05) is 0 Å². The zero-order valence-electron chi connectivity index (χ0n) is 17.4. The van der Waals surface area contributed by atoms with Crippen molar-refractivity contribution < 1.29 is 0 Å². The Labute approximate surface area is 172 Å². The van der Waals surface area contributed by atoms with E-state index in [0.29, 0.717) is 0 Å². The Bertz CT molecular complexity index is 1250. The van der Waals surface area contributed by atoms with Crippen molar-refractivity contribution in [2.45, 2.75) is 27.7 Å². The van der Waals surface area contributed by atoms with Gasteiger partial charge in [0.05, 0.1) is 5.39 Å². The Morgan fingerprint density at radius 1 is 0.655 bits per heavy atom. The van der Waals surface area contributed by atoms with E-state index in [0.717, 1.165) is 0 Å². The summed E-state index contributed by atoms with van der Waals surface area (Å²) < 4.78 is 2.33. The molecule has 0 radical (unpaired) electrons. The van der Waals surface area contributed by atoms with Crippen molar-refractivity contribution in [2.24, 2.45) is 0 Å². The number of rotatable bonds is 2. The van der Waals surface area contributed by atoms with Crippen LogP contribution in [0.2, 0.25) is 0 Å². The van der Waals surface area contributed by atoms with Crippen molar-refractivity contribution in [3.63, 3.8) is 0 Å². The molecule has 1 aliphatic heterocycles. The Morgan fingerprint density at radius 3 is 1.90 bits per heavy atom. The first kappa shape index (κ1) is 17.7. The van der Waals surface area contributed by atoms with Crippen molar-refractivity contribution in [3.05, 3.63) is 95.1 Å². The molecule has 5 rings (SSSR count). The normalized spacial score (nSPS) is 13.0. The quantitative estimate of drug-likeness (QED) is 0.338.